The van der Waals surface area contributed by atoms with Crippen molar-refractivity contribution < 1.29 is 23.9 Å². The molecular weight excluding hydrogens is 384 g/mol. The van der Waals surface area contributed by atoms with E-state index in [1.165, 1.54) is 0 Å². The van der Waals surface area contributed by atoms with Gasteiger partial charge >= 0.3 is 5.97 Å². The van der Waals surface area contributed by atoms with E-state index in [4.69, 9.17) is 4.74 Å². The lowest BCUT2D eigenvalue weighted by molar-refractivity contribution is -0.154. The van der Waals surface area contributed by atoms with Crippen LogP contribution in [0.15, 0.2) is 30.4 Å². The van der Waals surface area contributed by atoms with Gasteiger partial charge in [-0.1, -0.05) is 18.2 Å². The van der Waals surface area contributed by atoms with Crippen LogP contribution in [0, 0.1) is 11.8 Å². The molecule has 3 amide bonds. The maximum atomic E-state index is 12.3. The van der Waals surface area contributed by atoms with E-state index < -0.39 is 36.9 Å². The third-order valence-corrected chi connectivity index (χ3v) is 5.35. The number of amides is 3. The summed E-state index contributed by atoms with van der Waals surface area (Å²) >= 11 is 1.03. The van der Waals surface area contributed by atoms with Crippen molar-refractivity contribution in [1.82, 2.24) is 13.6 Å². The first kappa shape index (κ1) is 18.2. The van der Waals surface area contributed by atoms with E-state index in [0.717, 1.165) is 16.6 Å². The summed E-state index contributed by atoms with van der Waals surface area (Å²) in [5.41, 5.74) is 1.67. The Morgan fingerprint density at radius 2 is 1.86 bits per heavy atom. The molecule has 10 heteroatoms. The number of benzene rings is 1. The number of carbonyl (C=O) groups excluding carboxylic acids is 4. The first-order valence-corrected chi connectivity index (χ1v) is 9.44. The molecule has 0 bridgehead atoms. The zero-order chi connectivity index (χ0) is 19.7. The van der Waals surface area contributed by atoms with E-state index in [9.17, 15) is 19.2 Å². The molecule has 2 heterocycles. The maximum Gasteiger partial charge on any atom is 0.326 e. The molecule has 1 fully saturated rings. The minimum Gasteiger partial charge on any atom is -0.454 e. The number of hydrogen-bond donors (Lipinski definition) is 1. The Kier molecular flexibility index (Phi) is 4.86. The van der Waals surface area contributed by atoms with E-state index in [2.05, 4.69) is 14.1 Å². The topological polar surface area (TPSA) is 119 Å². The van der Waals surface area contributed by atoms with Crippen LogP contribution in [0.1, 0.15) is 12.8 Å². The molecule has 0 unspecified atom stereocenters. The minimum atomic E-state index is -0.808. The molecule has 1 aromatic carbocycles. The fourth-order valence-corrected chi connectivity index (χ4v) is 3.99. The maximum absolute atomic E-state index is 12.3. The van der Waals surface area contributed by atoms with Crippen LogP contribution in [0.3, 0.4) is 0 Å². The van der Waals surface area contributed by atoms with Crippen LogP contribution in [0.5, 0.6) is 0 Å². The number of fused-ring (bicyclic) bond motifs is 2. The highest BCUT2D eigenvalue weighted by Crippen LogP contribution is 2.34. The molecule has 144 valence electrons. The summed E-state index contributed by atoms with van der Waals surface area (Å²) in [5.74, 6) is -2.88. The summed E-state index contributed by atoms with van der Waals surface area (Å²) < 4.78 is 13.1. The second-order valence-electron chi connectivity index (χ2n) is 6.56. The average molecular weight is 400 g/mol. The van der Waals surface area contributed by atoms with E-state index in [1.54, 1.807) is 18.2 Å². The van der Waals surface area contributed by atoms with Gasteiger partial charge in [-0.15, -0.1) is 0 Å². The first-order chi connectivity index (χ1) is 13.5. The van der Waals surface area contributed by atoms with E-state index in [0.29, 0.717) is 29.6 Å². The largest absolute Gasteiger partial charge is 0.454 e. The number of aromatic nitrogens is 2. The summed E-state index contributed by atoms with van der Waals surface area (Å²) in [7, 11) is 0. The lowest BCUT2D eigenvalue weighted by Gasteiger charge is -2.14. The van der Waals surface area contributed by atoms with Crippen molar-refractivity contribution in [3.8, 4) is 0 Å². The number of allylic oxidation sites excluding steroid dienone is 2. The molecule has 28 heavy (non-hydrogen) atoms. The number of nitrogens with zero attached hydrogens (tertiary/aromatic N) is 3. The fourth-order valence-electron chi connectivity index (χ4n) is 3.44. The number of imide groups is 1. The molecule has 1 saturated heterocycles. The number of likely N-dealkylation sites (tertiary alicyclic amines) is 1. The van der Waals surface area contributed by atoms with Gasteiger partial charge in [-0.05, 0) is 25.0 Å². The lowest BCUT2D eigenvalue weighted by Crippen LogP contribution is -2.37. The second kappa shape index (κ2) is 7.47. The molecule has 1 aliphatic heterocycles. The van der Waals surface area contributed by atoms with Crippen molar-refractivity contribution in [3.63, 3.8) is 0 Å². The third-order valence-electron chi connectivity index (χ3n) is 4.81. The molecule has 2 atom stereocenters. The van der Waals surface area contributed by atoms with E-state index >= 15 is 0 Å². The lowest BCUT2D eigenvalue weighted by atomic mass is 9.85. The molecule has 0 saturated carbocycles. The SMILES string of the molecule is O=C(COC(=O)CN1C(=O)[C@H]2CC=CC[C@@H]2C1=O)Nc1cccc2nsnc12. The van der Waals surface area contributed by atoms with Gasteiger partial charge in [0.2, 0.25) is 11.8 Å². The third kappa shape index (κ3) is 3.38. The zero-order valence-electron chi connectivity index (χ0n) is 14.7. The average Bonchev–Trinajstić information content (AvgIpc) is 3.27. The van der Waals surface area contributed by atoms with Crippen molar-refractivity contribution >= 4 is 52.1 Å². The summed E-state index contributed by atoms with van der Waals surface area (Å²) in [6, 6.07) is 5.16. The predicted octanol–water partition coefficient (Wildman–Crippen LogP) is 1.12. The Hall–Kier alpha value is -3.14. The smallest absolute Gasteiger partial charge is 0.326 e. The van der Waals surface area contributed by atoms with Gasteiger partial charge in [0.25, 0.3) is 5.91 Å². The van der Waals surface area contributed by atoms with Gasteiger partial charge in [0.05, 0.1) is 29.3 Å². The van der Waals surface area contributed by atoms with Gasteiger partial charge in [-0.25, -0.2) is 0 Å². The Morgan fingerprint density at radius 1 is 1.14 bits per heavy atom. The number of anilines is 1. The fraction of sp³-hybridized carbons (Fsp3) is 0.333. The van der Waals surface area contributed by atoms with Gasteiger partial charge in [-0.3, -0.25) is 24.1 Å². The molecule has 1 N–H and O–H groups in total. The van der Waals surface area contributed by atoms with Crippen molar-refractivity contribution in [2.24, 2.45) is 11.8 Å². The Bertz CT molecular complexity index is 975. The standard InChI is InChI=1S/C18H16N4O5S/c23-14(19-12-6-3-7-13-16(12)21-28-20-13)9-27-15(24)8-22-17(25)10-4-1-2-5-11(10)18(22)26/h1-3,6-7,10-11H,4-5,8-9H2,(H,19,23)/t10-,11-/m0/s1. The van der Waals surface area contributed by atoms with Crippen molar-refractivity contribution in [2.45, 2.75) is 12.8 Å². The highest BCUT2D eigenvalue weighted by Gasteiger charge is 2.47. The molecule has 2 aromatic rings. The molecule has 0 spiro atoms. The van der Waals surface area contributed by atoms with Crippen LogP contribution < -0.4 is 5.32 Å². The van der Waals surface area contributed by atoms with Crippen LogP contribution >= 0.6 is 11.7 Å². The van der Waals surface area contributed by atoms with Gasteiger partial charge in [0.15, 0.2) is 6.61 Å². The summed E-state index contributed by atoms with van der Waals surface area (Å²) in [5, 5.41) is 2.61. The Labute approximate surface area is 163 Å². The minimum absolute atomic E-state index is 0.358. The first-order valence-electron chi connectivity index (χ1n) is 8.71. The molecule has 9 nitrogen and oxygen atoms in total. The molecule has 2 aliphatic rings. The summed E-state index contributed by atoms with van der Waals surface area (Å²) in [6.07, 6.45) is 4.74. The highest BCUT2D eigenvalue weighted by atomic mass is 32.1. The van der Waals surface area contributed by atoms with Crippen molar-refractivity contribution in [3.05, 3.63) is 30.4 Å². The molecule has 0 radical (unpaired) electrons. The molecule has 1 aromatic heterocycles. The number of nitrogens with one attached hydrogen (secondary N) is 1. The number of ether oxygens (including phenoxy) is 1. The van der Waals surface area contributed by atoms with E-state index in [1.807, 2.05) is 12.2 Å². The number of carbonyl (C=O) groups is 4. The second-order valence-corrected chi connectivity index (χ2v) is 7.09. The van der Waals surface area contributed by atoms with Gasteiger partial charge in [0, 0.05) is 0 Å². The molecule has 4 rings (SSSR count). The van der Waals surface area contributed by atoms with Crippen molar-refractivity contribution in [2.75, 3.05) is 18.5 Å². The Balaban J connectivity index is 1.31. The van der Waals surface area contributed by atoms with Gasteiger partial charge in [0.1, 0.15) is 17.6 Å². The van der Waals surface area contributed by atoms with E-state index in [-0.39, 0.29) is 11.8 Å². The zero-order valence-corrected chi connectivity index (χ0v) is 15.5. The van der Waals surface area contributed by atoms with Gasteiger partial charge in [-0.2, -0.15) is 8.75 Å². The summed E-state index contributed by atoms with van der Waals surface area (Å²) in [6.45, 7) is -1.01. The van der Waals surface area contributed by atoms with Crippen LogP contribution in [0.25, 0.3) is 11.0 Å². The van der Waals surface area contributed by atoms with Crippen molar-refractivity contribution in [1.29, 1.82) is 0 Å². The van der Waals surface area contributed by atoms with Crippen LogP contribution in [-0.2, 0) is 23.9 Å². The Morgan fingerprint density at radius 3 is 2.57 bits per heavy atom. The predicted molar refractivity (Wildman–Crippen MR) is 99.1 cm³/mol. The van der Waals surface area contributed by atoms with Crippen LogP contribution in [0.4, 0.5) is 5.69 Å². The number of esters is 1. The highest BCUT2D eigenvalue weighted by molar-refractivity contribution is 7.00. The molecular formula is C18H16N4O5S. The normalized spacial score (nSPS) is 21.1. The van der Waals surface area contributed by atoms with Crippen LogP contribution in [0.2, 0.25) is 0 Å². The van der Waals surface area contributed by atoms with Gasteiger partial charge < -0.3 is 10.1 Å². The molecule has 1 aliphatic carbocycles. The summed E-state index contributed by atoms with van der Waals surface area (Å²) in [4.78, 5) is 49.7. The monoisotopic (exact) mass is 400 g/mol. The van der Waals surface area contributed by atoms with Crippen LogP contribution in [-0.4, -0.2) is 50.5 Å². The number of rotatable bonds is 5. The number of hydrogen-bond acceptors (Lipinski definition) is 8. The quantitative estimate of drug-likeness (QED) is 0.454.